The quantitative estimate of drug-likeness (QED) is 0.824. The Morgan fingerprint density at radius 2 is 2.27 bits per heavy atom. The maximum absolute atomic E-state index is 13.2. The highest BCUT2D eigenvalue weighted by Gasteiger charge is 2.06. The van der Waals surface area contributed by atoms with Crippen LogP contribution in [0.15, 0.2) is 18.2 Å². The number of urea groups is 1. The van der Waals surface area contributed by atoms with Crippen LogP contribution in [0.4, 0.5) is 14.9 Å². The summed E-state index contributed by atoms with van der Waals surface area (Å²) < 4.78 is 13.2. The Hall–Kier alpha value is -1.29. The Bertz CT molecular complexity index is 357. The minimum absolute atomic E-state index is 0.0797. The topological polar surface area (TPSA) is 41.1 Å². The summed E-state index contributed by atoms with van der Waals surface area (Å²) in [7, 11) is 0. The van der Waals surface area contributed by atoms with E-state index in [2.05, 4.69) is 10.6 Å². The fourth-order valence-corrected chi connectivity index (χ4v) is 1.17. The van der Waals surface area contributed by atoms with Crippen LogP contribution in [0.3, 0.4) is 0 Å². The third-order valence-electron chi connectivity index (χ3n) is 1.71. The van der Waals surface area contributed by atoms with Crippen LogP contribution in [0.1, 0.15) is 13.3 Å². The first kappa shape index (κ1) is 11.8. The van der Waals surface area contributed by atoms with Crippen molar-refractivity contribution < 1.29 is 9.18 Å². The lowest BCUT2D eigenvalue weighted by Crippen LogP contribution is -2.29. The maximum atomic E-state index is 13.2. The van der Waals surface area contributed by atoms with Crippen molar-refractivity contribution in [3.63, 3.8) is 0 Å². The Morgan fingerprint density at radius 3 is 2.93 bits per heavy atom. The van der Waals surface area contributed by atoms with E-state index in [0.717, 1.165) is 6.42 Å². The SMILES string of the molecule is CCCNC(=O)Nc1cc(Cl)ccc1F. The van der Waals surface area contributed by atoms with Gasteiger partial charge in [-0.25, -0.2) is 9.18 Å². The number of benzene rings is 1. The van der Waals surface area contributed by atoms with Gasteiger partial charge in [-0.1, -0.05) is 18.5 Å². The van der Waals surface area contributed by atoms with Crippen LogP contribution in [0.2, 0.25) is 5.02 Å². The molecule has 0 spiro atoms. The molecular weight excluding hydrogens is 219 g/mol. The molecule has 5 heteroatoms. The third-order valence-corrected chi connectivity index (χ3v) is 1.95. The van der Waals surface area contributed by atoms with Crippen molar-refractivity contribution in [3.8, 4) is 0 Å². The molecule has 82 valence electrons. The molecule has 2 N–H and O–H groups in total. The van der Waals surface area contributed by atoms with Crippen LogP contribution in [0, 0.1) is 5.82 Å². The highest BCUT2D eigenvalue weighted by atomic mass is 35.5. The molecule has 0 aliphatic carbocycles. The van der Waals surface area contributed by atoms with E-state index in [1.54, 1.807) is 0 Å². The first-order chi connectivity index (χ1) is 7.13. The number of rotatable bonds is 3. The molecular formula is C10H12ClFN2O. The van der Waals surface area contributed by atoms with E-state index >= 15 is 0 Å². The lowest BCUT2D eigenvalue weighted by molar-refractivity contribution is 0.252. The first-order valence-corrected chi connectivity index (χ1v) is 5.01. The number of carbonyl (C=O) groups excluding carboxylic acids is 1. The molecule has 0 aliphatic heterocycles. The third kappa shape index (κ3) is 3.75. The van der Waals surface area contributed by atoms with Crippen LogP contribution < -0.4 is 10.6 Å². The van der Waals surface area contributed by atoms with Crippen molar-refractivity contribution in [2.45, 2.75) is 13.3 Å². The van der Waals surface area contributed by atoms with Gasteiger partial charge in [-0.2, -0.15) is 0 Å². The van der Waals surface area contributed by atoms with Crippen LogP contribution in [-0.2, 0) is 0 Å². The summed E-state index contributed by atoms with van der Waals surface area (Å²) in [6.07, 6.45) is 0.825. The van der Waals surface area contributed by atoms with Gasteiger partial charge in [-0.15, -0.1) is 0 Å². The van der Waals surface area contributed by atoms with Gasteiger partial charge in [0.05, 0.1) is 5.69 Å². The van der Waals surface area contributed by atoms with E-state index in [0.29, 0.717) is 11.6 Å². The maximum Gasteiger partial charge on any atom is 0.319 e. The van der Waals surface area contributed by atoms with Crippen molar-refractivity contribution in [2.24, 2.45) is 0 Å². The van der Waals surface area contributed by atoms with Gasteiger partial charge < -0.3 is 10.6 Å². The highest BCUT2D eigenvalue weighted by molar-refractivity contribution is 6.30. The average molecular weight is 231 g/mol. The molecule has 0 atom stereocenters. The first-order valence-electron chi connectivity index (χ1n) is 4.63. The van der Waals surface area contributed by atoms with Gasteiger partial charge in [0.25, 0.3) is 0 Å². The number of nitrogens with one attached hydrogen (secondary N) is 2. The number of hydrogen-bond acceptors (Lipinski definition) is 1. The second-order valence-corrected chi connectivity index (χ2v) is 3.44. The Balaban J connectivity index is 2.63. The van der Waals surface area contributed by atoms with Gasteiger partial charge in [-0.3, -0.25) is 0 Å². The van der Waals surface area contributed by atoms with Crippen LogP contribution >= 0.6 is 11.6 Å². The zero-order chi connectivity index (χ0) is 11.3. The molecule has 0 fully saturated rings. The highest BCUT2D eigenvalue weighted by Crippen LogP contribution is 2.19. The van der Waals surface area contributed by atoms with Gasteiger partial charge in [0.15, 0.2) is 0 Å². The van der Waals surface area contributed by atoms with E-state index in [1.807, 2.05) is 6.92 Å². The number of anilines is 1. The minimum atomic E-state index is -0.508. The van der Waals surface area contributed by atoms with Crippen molar-refractivity contribution in [2.75, 3.05) is 11.9 Å². The summed E-state index contributed by atoms with van der Waals surface area (Å²) in [4.78, 5) is 11.2. The standard InChI is InChI=1S/C10H12ClFN2O/c1-2-5-13-10(15)14-9-6-7(11)3-4-8(9)12/h3-4,6H,2,5H2,1H3,(H2,13,14,15). The summed E-state index contributed by atoms with van der Waals surface area (Å²) >= 11 is 5.67. The lowest BCUT2D eigenvalue weighted by atomic mass is 10.3. The second-order valence-electron chi connectivity index (χ2n) is 3.01. The second kappa shape index (κ2) is 5.56. The zero-order valence-corrected chi connectivity index (χ0v) is 9.07. The molecule has 0 aromatic heterocycles. The summed E-state index contributed by atoms with van der Waals surface area (Å²) in [6, 6.07) is 3.56. The van der Waals surface area contributed by atoms with Crippen LogP contribution in [0.25, 0.3) is 0 Å². The molecule has 0 saturated heterocycles. The summed E-state index contributed by atoms with van der Waals surface area (Å²) in [5, 5.41) is 5.32. The van der Waals surface area contributed by atoms with Crippen molar-refractivity contribution in [1.82, 2.24) is 5.32 Å². The molecule has 0 heterocycles. The smallest absolute Gasteiger partial charge is 0.319 e. The predicted octanol–water partition coefficient (Wildman–Crippen LogP) is 3.01. The molecule has 0 bridgehead atoms. The lowest BCUT2D eigenvalue weighted by Gasteiger charge is -2.07. The molecule has 0 unspecified atom stereocenters. The Morgan fingerprint density at radius 1 is 1.53 bits per heavy atom. The monoisotopic (exact) mass is 230 g/mol. The number of hydrogen-bond donors (Lipinski definition) is 2. The van der Waals surface area contributed by atoms with E-state index in [-0.39, 0.29) is 5.69 Å². The molecule has 1 aromatic carbocycles. The largest absolute Gasteiger partial charge is 0.338 e. The van der Waals surface area contributed by atoms with Gasteiger partial charge in [0.2, 0.25) is 0 Å². The molecule has 0 radical (unpaired) electrons. The van der Waals surface area contributed by atoms with Gasteiger partial charge >= 0.3 is 6.03 Å². The number of carbonyl (C=O) groups is 1. The van der Waals surface area contributed by atoms with Crippen molar-refractivity contribution >= 4 is 23.3 Å². The van der Waals surface area contributed by atoms with Crippen LogP contribution in [-0.4, -0.2) is 12.6 Å². The fraction of sp³-hybridized carbons (Fsp3) is 0.300. The number of halogens is 2. The van der Waals surface area contributed by atoms with Gasteiger partial charge in [-0.05, 0) is 24.6 Å². The summed E-state index contributed by atoms with van der Waals surface area (Å²) in [6.45, 7) is 2.48. The molecule has 15 heavy (non-hydrogen) atoms. The van der Waals surface area contributed by atoms with Crippen molar-refractivity contribution in [3.05, 3.63) is 29.0 Å². The summed E-state index contributed by atoms with van der Waals surface area (Å²) in [5.41, 5.74) is 0.0797. The Kier molecular flexibility index (Phi) is 4.37. The van der Waals surface area contributed by atoms with E-state index in [1.165, 1.54) is 18.2 Å². The van der Waals surface area contributed by atoms with E-state index in [9.17, 15) is 9.18 Å². The van der Waals surface area contributed by atoms with E-state index < -0.39 is 11.8 Å². The average Bonchev–Trinajstić information content (AvgIpc) is 2.20. The summed E-state index contributed by atoms with van der Waals surface area (Å²) in [5.74, 6) is -0.508. The van der Waals surface area contributed by atoms with Crippen molar-refractivity contribution in [1.29, 1.82) is 0 Å². The molecule has 1 rings (SSSR count). The molecule has 2 amide bonds. The van der Waals surface area contributed by atoms with E-state index in [4.69, 9.17) is 11.6 Å². The minimum Gasteiger partial charge on any atom is -0.338 e. The predicted molar refractivity (Wildman–Crippen MR) is 58.7 cm³/mol. The molecule has 1 aromatic rings. The molecule has 3 nitrogen and oxygen atoms in total. The molecule has 0 saturated carbocycles. The number of amides is 2. The molecule has 0 aliphatic rings. The van der Waals surface area contributed by atoms with Gasteiger partial charge in [0, 0.05) is 11.6 Å². The van der Waals surface area contributed by atoms with Crippen LogP contribution in [0.5, 0.6) is 0 Å². The van der Waals surface area contributed by atoms with Gasteiger partial charge in [0.1, 0.15) is 5.82 Å². The normalized spacial score (nSPS) is 9.80. The fourth-order valence-electron chi connectivity index (χ4n) is 0.998. The Labute approximate surface area is 92.6 Å². The zero-order valence-electron chi connectivity index (χ0n) is 8.31.